The highest BCUT2D eigenvalue weighted by molar-refractivity contribution is 5.38. The van der Waals surface area contributed by atoms with Crippen LogP contribution in [0.5, 0.6) is 11.5 Å². The van der Waals surface area contributed by atoms with Gasteiger partial charge in [-0.25, -0.2) is 0 Å². The number of rotatable bonds is 7. The van der Waals surface area contributed by atoms with E-state index in [0.29, 0.717) is 6.61 Å². The van der Waals surface area contributed by atoms with Crippen LogP contribution in [-0.2, 0) is 6.42 Å². The topological polar surface area (TPSA) is 30.5 Å². The number of para-hydroxylation sites is 1. The predicted molar refractivity (Wildman–Crippen MR) is 86.1 cm³/mol. The molecule has 112 valence electrons. The van der Waals surface area contributed by atoms with Crippen LogP contribution in [0.4, 0.5) is 0 Å². The maximum atomic E-state index is 5.74. The minimum absolute atomic E-state index is 0.208. The third-order valence-electron chi connectivity index (χ3n) is 3.52. The Kier molecular flexibility index (Phi) is 5.64. The summed E-state index contributed by atoms with van der Waals surface area (Å²) in [6.45, 7) is 2.68. The molecule has 0 heterocycles. The molecule has 0 aliphatic carbocycles. The molecule has 0 aromatic heterocycles. The SMILES string of the molecule is CCOc1ccccc1C(Cc1cccc(OC)c1)NC. The largest absolute Gasteiger partial charge is 0.497 e. The third kappa shape index (κ3) is 3.99. The number of ether oxygens (including phenoxy) is 2. The molecule has 0 amide bonds. The molecule has 0 saturated heterocycles. The zero-order chi connectivity index (χ0) is 15.1. The molecule has 3 nitrogen and oxygen atoms in total. The van der Waals surface area contributed by atoms with Crippen molar-refractivity contribution in [3.05, 3.63) is 59.7 Å². The van der Waals surface area contributed by atoms with E-state index in [2.05, 4.69) is 23.5 Å². The standard InChI is InChI=1S/C18H23NO2/c1-4-21-18-11-6-5-10-16(18)17(19-2)13-14-8-7-9-15(12-14)20-3/h5-12,17,19H,4,13H2,1-3H3. The molecule has 1 atom stereocenters. The molecule has 21 heavy (non-hydrogen) atoms. The minimum atomic E-state index is 0.208. The van der Waals surface area contributed by atoms with Crippen LogP contribution in [0.15, 0.2) is 48.5 Å². The van der Waals surface area contributed by atoms with Crippen LogP contribution in [0, 0.1) is 0 Å². The first kappa shape index (κ1) is 15.4. The van der Waals surface area contributed by atoms with Gasteiger partial charge in [-0.15, -0.1) is 0 Å². The van der Waals surface area contributed by atoms with Crippen molar-refractivity contribution in [2.45, 2.75) is 19.4 Å². The Labute approximate surface area is 126 Å². The van der Waals surface area contributed by atoms with E-state index in [1.54, 1.807) is 7.11 Å². The Balaban J connectivity index is 2.23. The number of methoxy groups -OCH3 is 1. The number of hydrogen-bond donors (Lipinski definition) is 1. The molecule has 0 aliphatic heterocycles. The summed E-state index contributed by atoms with van der Waals surface area (Å²) >= 11 is 0. The third-order valence-corrected chi connectivity index (χ3v) is 3.52. The van der Waals surface area contributed by atoms with Gasteiger partial charge in [-0.1, -0.05) is 30.3 Å². The van der Waals surface area contributed by atoms with Gasteiger partial charge in [0, 0.05) is 11.6 Å². The number of benzene rings is 2. The first-order valence-electron chi connectivity index (χ1n) is 7.30. The Bertz CT molecular complexity index is 569. The van der Waals surface area contributed by atoms with E-state index in [0.717, 1.165) is 17.9 Å². The van der Waals surface area contributed by atoms with Crippen molar-refractivity contribution in [1.82, 2.24) is 5.32 Å². The maximum absolute atomic E-state index is 5.74. The van der Waals surface area contributed by atoms with E-state index in [1.807, 2.05) is 44.3 Å². The minimum Gasteiger partial charge on any atom is -0.497 e. The van der Waals surface area contributed by atoms with Gasteiger partial charge in [0.05, 0.1) is 13.7 Å². The van der Waals surface area contributed by atoms with Crippen molar-refractivity contribution in [1.29, 1.82) is 0 Å². The van der Waals surface area contributed by atoms with Gasteiger partial charge < -0.3 is 14.8 Å². The fourth-order valence-corrected chi connectivity index (χ4v) is 2.46. The number of nitrogens with one attached hydrogen (secondary N) is 1. The second-order valence-corrected chi connectivity index (χ2v) is 4.87. The molecule has 1 unspecified atom stereocenters. The highest BCUT2D eigenvalue weighted by atomic mass is 16.5. The van der Waals surface area contributed by atoms with Crippen LogP contribution < -0.4 is 14.8 Å². The first-order chi connectivity index (χ1) is 10.3. The summed E-state index contributed by atoms with van der Waals surface area (Å²) in [4.78, 5) is 0. The van der Waals surface area contributed by atoms with Gasteiger partial charge in [0.15, 0.2) is 0 Å². The lowest BCUT2D eigenvalue weighted by molar-refractivity contribution is 0.332. The van der Waals surface area contributed by atoms with Crippen LogP contribution in [-0.4, -0.2) is 20.8 Å². The number of likely N-dealkylation sites (N-methyl/N-ethyl adjacent to an activating group) is 1. The monoisotopic (exact) mass is 285 g/mol. The van der Waals surface area contributed by atoms with E-state index >= 15 is 0 Å². The zero-order valence-electron chi connectivity index (χ0n) is 12.9. The summed E-state index contributed by atoms with van der Waals surface area (Å²) in [5.74, 6) is 1.84. The predicted octanol–water partition coefficient (Wildman–Crippen LogP) is 3.60. The molecule has 3 heteroatoms. The van der Waals surface area contributed by atoms with Crippen molar-refractivity contribution in [3.63, 3.8) is 0 Å². The van der Waals surface area contributed by atoms with Gasteiger partial charge in [0.2, 0.25) is 0 Å². The van der Waals surface area contributed by atoms with Crippen molar-refractivity contribution in [2.24, 2.45) is 0 Å². The van der Waals surface area contributed by atoms with Crippen LogP contribution >= 0.6 is 0 Å². The Morgan fingerprint density at radius 1 is 1.10 bits per heavy atom. The fraction of sp³-hybridized carbons (Fsp3) is 0.333. The molecule has 2 aromatic carbocycles. The molecular weight excluding hydrogens is 262 g/mol. The van der Waals surface area contributed by atoms with Crippen LogP contribution in [0.25, 0.3) is 0 Å². The summed E-state index contributed by atoms with van der Waals surface area (Å²) < 4.78 is 11.0. The first-order valence-corrected chi connectivity index (χ1v) is 7.30. The van der Waals surface area contributed by atoms with Gasteiger partial charge in [0.25, 0.3) is 0 Å². The average Bonchev–Trinajstić information content (AvgIpc) is 2.54. The maximum Gasteiger partial charge on any atom is 0.124 e. The van der Waals surface area contributed by atoms with Crippen molar-refractivity contribution in [2.75, 3.05) is 20.8 Å². The smallest absolute Gasteiger partial charge is 0.124 e. The average molecular weight is 285 g/mol. The normalized spacial score (nSPS) is 12.0. The summed E-state index contributed by atoms with van der Waals surface area (Å²) in [5, 5.41) is 3.38. The molecule has 0 radical (unpaired) electrons. The Morgan fingerprint density at radius 2 is 1.90 bits per heavy atom. The number of hydrogen-bond acceptors (Lipinski definition) is 3. The zero-order valence-corrected chi connectivity index (χ0v) is 12.9. The Morgan fingerprint density at radius 3 is 2.62 bits per heavy atom. The van der Waals surface area contributed by atoms with Gasteiger partial charge in [-0.3, -0.25) is 0 Å². The van der Waals surface area contributed by atoms with Gasteiger partial charge >= 0.3 is 0 Å². The van der Waals surface area contributed by atoms with E-state index < -0.39 is 0 Å². The highest BCUT2D eigenvalue weighted by Crippen LogP contribution is 2.28. The quantitative estimate of drug-likeness (QED) is 0.843. The molecule has 2 aromatic rings. The van der Waals surface area contributed by atoms with Crippen LogP contribution in [0.1, 0.15) is 24.1 Å². The second kappa shape index (κ2) is 7.70. The lowest BCUT2D eigenvalue weighted by atomic mass is 9.98. The van der Waals surface area contributed by atoms with E-state index in [1.165, 1.54) is 11.1 Å². The molecule has 2 rings (SSSR count). The molecule has 0 aliphatic rings. The van der Waals surface area contributed by atoms with E-state index in [9.17, 15) is 0 Å². The second-order valence-electron chi connectivity index (χ2n) is 4.87. The summed E-state index contributed by atoms with van der Waals surface area (Å²) in [6.07, 6.45) is 0.887. The van der Waals surface area contributed by atoms with Gasteiger partial charge in [-0.05, 0) is 44.2 Å². The molecular formula is C18H23NO2. The van der Waals surface area contributed by atoms with E-state index in [4.69, 9.17) is 9.47 Å². The molecule has 0 fully saturated rings. The molecule has 0 saturated carbocycles. The fourth-order valence-electron chi connectivity index (χ4n) is 2.46. The highest BCUT2D eigenvalue weighted by Gasteiger charge is 2.15. The van der Waals surface area contributed by atoms with Crippen molar-refractivity contribution >= 4 is 0 Å². The molecule has 0 bridgehead atoms. The van der Waals surface area contributed by atoms with E-state index in [-0.39, 0.29) is 6.04 Å². The summed E-state index contributed by atoms with van der Waals surface area (Å²) in [6, 6.07) is 16.6. The molecule has 1 N–H and O–H groups in total. The summed E-state index contributed by atoms with van der Waals surface area (Å²) in [5.41, 5.74) is 2.42. The molecule has 0 spiro atoms. The van der Waals surface area contributed by atoms with Crippen molar-refractivity contribution < 1.29 is 9.47 Å². The lowest BCUT2D eigenvalue weighted by Gasteiger charge is -2.20. The summed E-state index contributed by atoms with van der Waals surface area (Å²) in [7, 11) is 3.67. The van der Waals surface area contributed by atoms with Gasteiger partial charge in [-0.2, -0.15) is 0 Å². The van der Waals surface area contributed by atoms with Gasteiger partial charge in [0.1, 0.15) is 11.5 Å². The lowest BCUT2D eigenvalue weighted by Crippen LogP contribution is -2.19. The Hall–Kier alpha value is -2.00. The van der Waals surface area contributed by atoms with Crippen molar-refractivity contribution in [3.8, 4) is 11.5 Å². The van der Waals surface area contributed by atoms with Crippen LogP contribution in [0.2, 0.25) is 0 Å². The van der Waals surface area contributed by atoms with Crippen LogP contribution in [0.3, 0.4) is 0 Å².